The van der Waals surface area contributed by atoms with Gasteiger partial charge in [-0.2, -0.15) is 0 Å². The van der Waals surface area contributed by atoms with E-state index in [2.05, 4.69) is 34.6 Å². The quantitative estimate of drug-likeness (QED) is 0.148. The summed E-state index contributed by atoms with van der Waals surface area (Å²) in [6, 6.07) is 0.817. The van der Waals surface area contributed by atoms with Gasteiger partial charge in [0.2, 0.25) is 0 Å². The summed E-state index contributed by atoms with van der Waals surface area (Å²) < 4.78 is 24.1. The van der Waals surface area contributed by atoms with Crippen molar-refractivity contribution >= 4 is 8.80 Å². The molecule has 0 fully saturated rings. The maximum atomic E-state index is 6.03. The van der Waals surface area contributed by atoms with E-state index < -0.39 is 8.80 Å². The van der Waals surface area contributed by atoms with Crippen LogP contribution in [0.4, 0.5) is 0 Å². The molecule has 0 radical (unpaired) electrons. The maximum Gasteiger partial charge on any atom is 0.501 e. The molecule has 0 saturated heterocycles. The van der Waals surface area contributed by atoms with E-state index in [1.54, 1.807) is 0 Å². The van der Waals surface area contributed by atoms with Crippen LogP contribution in [0, 0.1) is 17.8 Å². The third-order valence-corrected chi connectivity index (χ3v) is 9.87. The molecule has 3 atom stereocenters. The molecular formula is C27H58O4Si. The zero-order valence-electron chi connectivity index (χ0n) is 23.3. The molecular weight excluding hydrogens is 416 g/mol. The number of methoxy groups -OCH3 is 1. The standard InChI is InChI=1S/C27H58O4Si/c1-10-29-32(30-11-2,31-12-3)23-22-27(8,28-9)21-15-20-26(7)19-14-18-25(6)17-13-16-24(4)5/h24-26H,10-23H2,1-9H3. The molecule has 0 saturated carbocycles. The summed E-state index contributed by atoms with van der Waals surface area (Å²) in [6.07, 6.45) is 12.8. The van der Waals surface area contributed by atoms with Gasteiger partial charge in [0.15, 0.2) is 0 Å². The highest BCUT2D eigenvalue weighted by molar-refractivity contribution is 6.60. The van der Waals surface area contributed by atoms with Gasteiger partial charge in [0.25, 0.3) is 0 Å². The van der Waals surface area contributed by atoms with Crippen LogP contribution in [0.15, 0.2) is 0 Å². The first-order chi connectivity index (χ1) is 15.2. The smallest absolute Gasteiger partial charge is 0.379 e. The van der Waals surface area contributed by atoms with Crippen molar-refractivity contribution in [3.8, 4) is 0 Å². The molecule has 0 aliphatic rings. The van der Waals surface area contributed by atoms with E-state index in [0.29, 0.717) is 19.8 Å². The predicted octanol–water partition coefficient (Wildman–Crippen LogP) is 8.27. The second-order valence-corrected chi connectivity index (χ2v) is 13.2. The maximum absolute atomic E-state index is 6.03. The topological polar surface area (TPSA) is 36.9 Å². The van der Waals surface area contributed by atoms with E-state index in [4.69, 9.17) is 18.0 Å². The Hall–Kier alpha value is 0.0569. The number of hydrogen-bond donors (Lipinski definition) is 0. The van der Waals surface area contributed by atoms with Crippen LogP contribution >= 0.6 is 0 Å². The Kier molecular flexibility index (Phi) is 18.4. The highest BCUT2D eigenvalue weighted by Crippen LogP contribution is 2.30. The largest absolute Gasteiger partial charge is 0.501 e. The van der Waals surface area contributed by atoms with Crippen molar-refractivity contribution < 1.29 is 18.0 Å². The Labute approximate surface area is 202 Å². The molecule has 0 aromatic carbocycles. The SMILES string of the molecule is CCO[Si](CCC(C)(CCCC(C)CCCC(C)CCCC(C)C)OC)(OCC)OCC. The molecule has 0 aromatic heterocycles. The lowest BCUT2D eigenvalue weighted by Crippen LogP contribution is -2.47. The molecule has 32 heavy (non-hydrogen) atoms. The second-order valence-electron chi connectivity index (χ2n) is 10.5. The molecule has 3 unspecified atom stereocenters. The van der Waals surface area contributed by atoms with Gasteiger partial charge in [0.1, 0.15) is 0 Å². The highest BCUT2D eigenvalue weighted by Gasteiger charge is 2.42. The van der Waals surface area contributed by atoms with Crippen molar-refractivity contribution in [1.29, 1.82) is 0 Å². The van der Waals surface area contributed by atoms with Crippen molar-refractivity contribution in [3.63, 3.8) is 0 Å². The van der Waals surface area contributed by atoms with Crippen molar-refractivity contribution in [2.45, 2.75) is 131 Å². The highest BCUT2D eigenvalue weighted by atomic mass is 28.4. The number of hydrogen-bond acceptors (Lipinski definition) is 4. The molecule has 5 heteroatoms. The van der Waals surface area contributed by atoms with E-state index in [1.165, 1.54) is 51.4 Å². The fourth-order valence-electron chi connectivity index (χ4n) is 4.55. The number of ether oxygens (including phenoxy) is 1. The Bertz CT molecular complexity index is 415. The molecule has 0 amide bonds. The van der Waals surface area contributed by atoms with Crippen molar-refractivity contribution in [2.75, 3.05) is 26.9 Å². The van der Waals surface area contributed by atoms with Crippen LogP contribution in [0.3, 0.4) is 0 Å². The minimum atomic E-state index is -2.61. The zero-order valence-corrected chi connectivity index (χ0v) is 24.3. The summed E-state index contributed by atoms with van der Waals surface area (Å²) in [6.45, 7) is 19.7. The Morgan fingerprint density at radius 2 is 1.09 bits per heavy atom. The van der Waals surface area contributed by atoms with E-state index >= 15 is 0 Å². The number of rotatable bonds is 22. The second kappa shape index (κ2) is 18.4. The molecule has 4 nitrogen and oxygen atoms in total. The molecule has 0 bridgehead atoms. The molecule has 0 aromatic rings. The fraction of sp³-hybridized carbons (Fsp3) is 1.00. The van der Waals surface area contributed by atoms with E-state index in [9.17, 15) is 0 Å². The van der Waals surface area contributed by atoms with Crippen molar-refractivity contribution in [3.05, 3.63) is 0 Å². The summed E-state index contributed by atoms with van der Waals surface area (Å²) in [5.74, 6) is 2.52. The lowest BCUT2D eigenvalue weighted by atomic mass is 9.89. The molecule has 0 spiro atoms. The lowest BCUT2D eigenvalue weighted by Gasteiger charge is -2.34. The first kappa shape index (κ1) is 32.1. The van der Waals surface area contributed by atoms with Gasteiger partial charge in [-0.25, -0.2) is 0 Å². The van der Waals surface area contributed by atoms with Crippen LogP contribution in [-0.4, -0.2) is 41.3 Å². The van der Waals surface area contributed by atoms with Crippen LogP contribution in [0.1, 0.15) is 120 Å². The summed E-state index contributed by atoms with van der Waals surface area (Å²) in [5.41, 5.74) is -0.145. The van der Waals surface area contributed by atoms with E-state index in [1.807, 2.05) is 27.9 Å². The van der Waals surface area contributed by atoms with Gasteiger partial charge < -0.3 is 18.0 Å². The third kappa shape index (κ3) is 15.1. The Balaban J connectivity index is 4.34. The normalized spacial score (nSPS) is 16.3. The molecule has 194 valence electrons. The Morgan fingerprint density at radius 1 is 0.656 bits per heavy atom. The van der Waals surface area contributed by atoms with Gasteiger partial charge in [-0.3, -0.25) is 0 Å². The van der Waals surface area contributed by atoms with Gasteiger partial charge >= 0.3 is 8.80 Å². The van der Waals surface area contributed by atoms with Crippen LogP contribution < -0.4 is 0 Å². The minimum Gasteiger partial charge on any atom is -0.379 e. The summed E-state index contributed by atoms with van der Waals surface area (Å²) >= 11 is 0. The average Bonchev–Trinajstić information content (AvgIpc) is 2.73. The van der Waals surface area contributed by atoms with Gasteiger partial charge in [-0.15, -0.1) is 0 Å². The lowest BCUT2D eigenvalue weighted by molar-refractivity contribution is -0.0138. The van der Waals surface area contributed by atoms with E-state index in [-0.39, 0.29) is 5.60 Å². The first-order valence-electron chi connectivity index (χ1n) is 13.6. The van der Waals surface area contributed by atoms with Gasteiger partial charge in [0, 0.05) is 33.0 Å². The third-order valence-electron chi connectivity index (χ3n) is 6.82. The van der Waals surface area contributed by atoms with Gasteiger partial charge in [-0.05, 0) is 58.3 Å². The minimum absolute atomic E-state index is 0.145. The molecule has 0 rings (SSSR count). The zero-order chi connectivity index (χ0) is 24.5. The molecule has 0 N–H and O–H groups in total. The van der Waals surface area contributed by atoms with Crippen LogP contribution in [0.25, 0.3) is 0 Å². The fourth-order valence-corrected chi connectivity index (χ4v) is 7.39. The average molecular weight is 475 g/mol. The summed E-state index contributed by atoms with van der Waals surface area (Å²) in [7, 11) is -0.765. The molecule has 0 heterocycles. The first-order valence-corrected chi connectivity index (χ1v) is 15.6. The monoisotopic (exact) mass is 474 g/mol. The van der Waals surface area contributed by atoms with Crippen molar-refractivity contribution in [2.24, 2.45) is 17.8 Å². The summed E-state index contributed by atoms with van der Waals surface area (Å²) in [5, 5.41) is 0. The van der Waals surface area contributed by atoms with Crippen LogP contribution in [0.5, 0.6) is 0 Å². The predicted molar refractivity (Wildman–Crippen MR) is 140 cm³/mol. The van der Waals surface area contributed by atoms with Crippen LogP contribution in [-0.2, 0) is 18.0 Å². The van der Waals surface area contributed by atoms with Gasteiger partial charge in [0.05, 0.1) is 5.60 Å². The van der Waals surface area contributed by atoms with Crippen LogP contribution in [0.2, 0.25) is 6.04 Å². The molecule has 0 aliphatic carbocycles. The Morgan fingerprint density at radius 3 is 1.50 bits per heavy atom. The molecule has 0 aliphatic heterocycles. The summed E-state index contributed by atoms with van der Waals surface area (Å²) in [4.78, 5) is 0. The van der Waals surface area contributed by atoms with Gasteiger partial charge in [-0.1, -0.05) is 79.1 Å². The van der Waals surface area contributed by atoms with E-state index in [0.717, 1.165) is 36.6 Å². The van der Waals surface area contributed by atoms with Crippen molar-refractivity contribution in [1.82, 2.24) is 0 Å².